The van der Waals surface area contributed by atoms with Crippen LogP contribution in [-0.4, -0.2) is 67.9 Å². The molecule has 4 unspecified atom stereocenters. The zero-order valence-corrected chi connectivity index (χ0v) is 22.5. The number of nitrogens with two attached hydrogens (primary N) is 1. The zero-order chi connectivity index (χ0) is 29.4. The van der Waals surface area contributed by atoms with Crippen molar-refractivity contribution < 1.29 is 24.3 Å². The second-order valence-electron chi connectivity index (χ2n) is 9.83. The van der Waals surface area contributed by atoms with Crippen LogP contribution in [0.3, 0.4) is 0 Å². The first-order valence-electron chi connectivity index (χ1n) is 13.2. The van der Waals surface area contributed by atoms with Gasteiger partial charge in [0, 0.05) is 48.3 Å². The van der Waals surface area contributed by atoms with E-state index in [0.29, 0.717) is 5.69 Å². The Labute approximate surface area is 236 Å². The largest absolute Gasteiger partial charge is 0.480 e. The van der Waals surface area contributed by atoms with Gasteiger partial charge in [-0.2, -0.15) is 0 Å². The van der Waals surface area contributed by atoms with Crippen molar-refractivity contribution in [3.63, 3.8) is 0 Å². The molecule has 2 aromatic heterocycles. The third-order valence-corrected chi connectivity index (χ3v) is 6.71. The summed E-state index contributed by atoms with van der Waals surface area (Å²) >= 11 is 0. The average molecular weight is 560 g/mol. The topological polar surface area (TPSA) is 195 Å². The summed E-state index contributed by atoms with van der Waals surface area (Å²) in [6, 6.07) is 12.2. The van der Waals surface area contributed by atoms with Crippen LogP contribution in [0.5, 0.6) is 0 Å². The number of H-pyrrole nitrogens is 2. The molecule has 12 nitrogen and oxygen atoms in total. The molecule has 8 N–H and O–H groups in total. The number of aromatic nitrogens is 3. The SMILES string of the molecule is CC(NC(=O)C(Cc1c[nH]c2ccccc12)NC(=O)C(N)Cc1cnc[nH]1)C(=O)NC(Cc1ccccc1)C(=O)O. The number of hydrogen-bond acceptors (Lipinski definition) is 6. The number of aliphatic carboxylic acids is 1. The fourth-order valence-electron chi connectivity index (χ4n) is 4.46. The number of imidazole rings is 1. The maximum Gasteiger partial charge on any atom is 0.326 e. The summed E-state index contributed by atoms with van der Waals surface area (Å²) in [6.45, 7) is 1.45. The molecule has 0 bridgehead atoms. The first kappa shape index (κ1) is 29.0. The molecule has 214 valence electrons. The van der Waals surface area contributed by atoms with Crippen LogP contribution >= 0.6 is 0 Å². The third kappa shape index (κ3) is 7.79. The number of amides is 3. The van der Waals surface area contributed by atoms with Gasteiger partial charge in [-0.15, -0.1) is 0 Å². The summed E-state index contributed by atoms with van der Waals surface area (Å²) in [5, 5.41) is 18.3. The summed E-state index contributed by atoms with van der Waals surface area (Å²) in [7, 11) is 0. The third-order valence-electron chi connectivity index (χ3n) is 6.71. The Kier molecular flexibility index (Phi) is 9.48. The van der Waals surface area contributed by atoms with Gasteiger partial charge in [-0.25, -0.2) is 9.78 Å². The van der Waals surface area contributed by atoms with Gasteiger partial charge in [0.25, 0.3) is 0 Å². The van der Waals surface area contributed by atoms with Crippen molar-refractivity contribution in [3.05, 3.63) is 90.1 Å². The van der Waals surface area contributed by atoms with Crippen molar-refractivity contribution in [1.29, 1.82) is 0 Å². The van der Waals surface area contributed by atoms with Crippen LogP contribution in [-0.2, 0) is 38.4 Å². The summed E-state index contributed by atoms with van der Waals surface area (Å²) < 4.78 is 0. The van der Waals surface area contributed by atoms with E-state index in [4.69, 9.17) is 5.73 Å². The number of hydrogen-bond donors (Lipinski definition) is 7. The molecule has 12 heteroatoms. The molecule has 0 aliphatic carbocycles. The number of carbonyl (C=O) groups excluding carboxylic acids is 3. The lowest BCUT2D eigenvalue weighted by Crippen LogP contribution is -2.57. The Balaban J connectivity index is 1.45. The minimum Gasteiger partial charge on any atom is -0.480 e. The number of carbonyl (C=O) groups is 4. The average Bonchev–Trinajstić information content (AvgIpc) is 3.62. The van der Waals surface area contributed by atoms with Crippen molar-refractivity contribution in [1.82, 2.24) is 30.9 Å². The van der Waals surface area contributed by atoms with Gasteiger partial charge in [0.1, 0.15) is 18.1 Å². The smallest absolute Gasteiger partial charge is 0.326 e. The Morgan fingerprint density at radius 2 is 1.56 bits per heavy atom. The van der Waals surface area contributed by atoms with Gasteiger partial charge in [-0.05, 0) is 24.1 Å². The van der Waals surface area contributed by atoms with E-state index in [1.807, 2.05) is 30.3 Å². The fraction of sp³-hybridized carbons (Fsp3) is 0.276. The summed E-state index contributed by atoms with van der Waals surface area (Å²) in [5.74, 6) is -3.04. The molecule has 2 heterocycles. The minimum absolute atomic E-state index is 0.0794. The van der Waals surface area contributed by atoms with Crippen LogP contribution in [0.2, 0.25) is 0 Å². The molecule has 0 fully saturated rings. The van der Waals surface area contributed by atoms with E-state index >= 15 is 0 Å². The molecule has 4 aromatic rings. The van der Waals surface area contributed by atoms with E-state index in [9.17, 15) is 24.3 Å². The fourth-order valence-corrected chi connectivity index (χ4v) is 4.46. The molecule has 0 aliphatic heterocycles. The monoisotopic (exact) mass is 559 g/mol. The first-order chi connectivity index (χ1) is 19.7. The lowest BCUT2D eigenvalue weighted by Gasteiger charge is -2.23. The number of nitrogens with one attached hydrogen (secondary N) is 5. The Hall–Kier alpha value is -4.97. The van der Waals surface area contributed by atoms with Crippen LogP contribution in [0.25, 0.3) is 10.9 Å². The normalized spacial score (nSPS) is 14.0. The molecule has 0 radical (unpaired) electrons. The first-order valence-corrected chi connectivity index (χ1v) is 13.2. The highest BCUT2D eigenvalue weighted by Crippen LogP contribution is 2.19. The van der Waals surface area contributed by atoms with Crippen LogP contribution in [0.4, 0.5) is 0 Å². The Morgan fingerprint density at radius 1 is 0.854 bits per heavy atom. The molecule has 41 heavy (non-hydrogen) atoms. The summed E-state index contributed by atoms with van der Waals surface area (Å²) in [5.41, 5.74) is 9.16. The van der Waals surface area contributed by atoms with Gasteiger partial charge in [-0.3, -0.25) is 14.4 Å². The van der Waals surface area contributed by atoms with Crippen molar-refractivity contribution in [2.45, 2.75) is 50.4 Å². The van der Waals surface area contributed by atoms with Crippen LogP contribution in [0.1, 0.15) is 23.7 Å². The predicted molar refractivity (Wildman–Crippen MR) is 152 cm³/mol. The number of aromatic amines is 2. The van der Waals surface area contributed by atoms with E-state index in [1.54, 1.807) is 36.7 Å². The van der Waals surface area contributed by atoms with Gasteiger partial charge in [-0.1, -0.05) is 48.5 Å². The van der Waals surface area contributed by atoms with E-state index in [1.165, 1.54) is 13.3 Å². The molecule has 0 aliphatic rings. The standard InChI is InChI=1S/C29H33N7O5/c1-17(26(37)36-25(29(40)41)11-18-7-3-2-4-8-18)34-28(39)24(12-19-14-32-23-10-6-5-9-21(19)23)35-27(38)22(30)13-20-15-31-16-33-20/h2-10,14-17,22,24-25,32H,11-13,30H2,1H3,(H,31,33)(H,34,39)(H,35,38)(H,36,37)(H,40,41). The maximum absolute atomic E-state index is 13.4. The van der Waals surface area contributed by atoms with Crippen LogP contribution in [0.15, 0.2) is 73.3 Å². The van der Waals surface area contributed by atoms with Crippen molar-refractivity contribution in [2.24, 2.45) is 5.73 Å². The highest BCUT2D eigenvalue weighted by Gasteiger charge is 2.29. The number of carboxylic acid groups (broad SMARTS) is 1. The predicted octanol–water partition coefficient (Wildman–Crippen LogP) is 0.805. The van der Waals surface area contributed by atoms with Crippen LogP contribution in [0, 0.1) is 0 Å². The molecular formula is C29H33N7O5. The van der Waals surface area contributed by atoms with Gasteiger partial charge in [0.2, 0.25) is 17.7 Å². The zero-order valence-electron chi connectivity index (χ0n) is 22.5. The molecule has 0 spiro atoms. The molecule has 0 saturated carbocycles. The summed E-state index contributed by atoms with van der Waals surface area (Å²) in [6.07, 6.45) is 5.19. The second kappa shape index (κ2) is 13.4. The summed E-state index contributed by atoms with van der Waals surface area (Å²) in [4.78, 5) is 61.1. The van der Waals surface area contributed by atoms with Crippen molar-refractivity contribution >= 4 is 34.6 Å². The molecular weight excluding hydrogens is 526 g/mol. The second-order valence-corrected chi connectivity index (χ2v) is 9.83. The Morgan fingerprint density at radius 3 is 2.27 bits per heavy atom. The highest BCUT2D eigenvalue weighted by atomic mass is 16.4. The number of benzene rings is 2. The van der Waals surface area contributed by atoms with Gasteiger partial charge in [0.15, 0.2) is 0 Å². The van der Waals surface area contributed by atoms with Gasteiger partial charge in [0.05, 0.1) is 12.4 Å². The molecule has 4 atom stereocenters. The van der Waals surface area contributed by atoms with Crippen molar-refractivity contribution in [2.75, 3.05) is 0 Å². The number of carboxylic acids is 1. The van der Waals surface area contributed by atoms with E-state index in [-0.39, 0.29) is 19.3 Å². The number of para-hydroxylation sites is 1. The molecule has 2 aromatic carbocycles. The quantitative estimate of drug-likeness (QED) is 0.126. The van der Waals surface area contributed by atoms with E-state index in [0.717, 1.165) is 22.0 Å². The minimum atomic E-state index is -1.20. The van der Waals surface area contributed by atoms with Crippen molar-refractivity contribution in [3.8, 4) is 0 Å². The lowest BCUT2D eigenvalue weighted by molar-refractivity contribution is -0.142. The van der Waals surface area contributed by atoms with Gasteiger partial charge >= 0.3 is 5.97 Å². The number of rotatable bonds is 13. The van der Waals surface area contributed by atoms with Crippen LogP contribution < -0.4 is 21.7 Å². The number of nitrogens with zero attached hydrogens (tertiary/aromatic N) is 1. The molecule has 4 rings (SSSR count). The van der Waals surface area contributed by atoms with E-state index < -0.39 is 47.9 Å². The van der Waals surface area contributed by atoms with Gasteiger partial charge < -0.3 is 36.8 Å². The lowest BCUT2D eigenvalue weighted by atomic mass is 10.0. The number of fused-ring (bicyclic) bond motifs is 1. The Bertz CT molecular complexity index is 1490. The maximum atomic E-state index is 13.4. The van der Waals surface area contributed by atoms with E-state index in [2.05, 4.69) is 30.9 Å². The highest BCUT2D eigenvalue weighted by molar-refractivity contribution is 5.94. The molecule has 0 saturated heterocycles. The molecule has 3 amide bonds.